The van der Waals surface area contributed by atoms with E-state index in [4.69, 9.17) is 10.5 Å². The van der Waals surface area contributed by atoms with Crippen molar-refractivity contribution in [2.24, 2.45) is 0 Å². The number of nitrogens with one attached hydrogen (secondary N) is 1. The summed E-state index contributed by atoms with van der Waals surface area (Å²) < 4.78 is 18.5. The molecule has 0 radical (unpaired) electrons. The highest BCUT2D eigenvalue weighted by Crippen LogP contribution is 2.26. The summed E-state index contributed by atoms with van der Waals surface area (Å²) in [5.41, 5.74) is 5.55. The van der Waals surface area contributed by atoms with Crippen LogP contribution in [-0.2, 0) is 9.53 Å². The zero-order chi connectivity index (χ0) is 21.7. The van der Waals surface area contributed by atoms with Gasteiger partial charge in [-0.25, -0.2) is 9.18 Å². The zero-order valence-corrected chi connectivity index (χ0v) is 15.4. The quantitative estimate of drug-likeness (QED) is 0.276. The number of nitrogens with zero attached hydrogens (tertiary/aromatic N) is 1. The first-order chi connectivity index (χ1) is 14.3. The lowest BCUT2D eigenvalue weighted by Crippen LogP contribution is -2.26. The lowest BCUT2D eigenvalue weighted by atomic mass is 10.1. The van der Waals surface area contributed by atoms with E-state index in [1.165, 1.54) is 36.4 Å². The second-order valence-electron chi connectivity index (χ2n) is 6.22. The Kier molecular flexibility index (Phi) is 6.02. The second kappa shape index (κ2) is 8.82. The number of benzene rings is 3. The fourth-order valence-corrected chi connectivity index (χ4v) is 2.65. The highest BCUT2D eigenvalue weighted by atomic mass is 19.1. The van der Waals surface area contributed by atoms with Crippen LogP contribution in [0.15, 0.2) is 72.8 Å². The van der Waals surface area contributed by atoms with Gasteiger partial charge in [0, 0.05) is 17.3 Å². The summed E-state index contributed by atoms with van der Waals surface area (Å²) in [5, 5.41) is 13.6. The van der Waals surface area contributed by atoms with Gasteiger partial charge in [0.25, 0.3) is 11.6 Å². The number of nitrogens with two attached hydrogens (primary N) is 1. The molecule has 0 spiro atoms. The van der Waals surface area contributed by atoms with Gasteiger partial charge in [0.1, 0.15) is 11.5 Å². The van der Waals surface area contributed by atoms with Gasteiger partial charge in [-0.1, -0.05) is 30.3 Å². The van der Waals surface area contributed by atoms with Crippen LogP contribution in [0.4, 0.5) is 21.5 Å². The highest BCUT2D eigenvalue weighted by Gasteiger charge is 2.27. The number of halogens is 1. The van der Waals surface area contributed by atoms with Crippen molar-refractivity contribution in [3.8, 4) is 0 Å². The lowest BCUT2D eigenvalue weighted by molar-refractivity contribution is -0.383. The van der Waals surface area contributed by atoms with Crippen LogP contribution >= 0.6 is 0 Å². The molecule has 1 amide bonds. The number of nitro groups is 1. The maximum atomic E-state index is 13.1. The summed E-state index contributed by atoms with van der Waals surface area (Å²) >= 11 is 0. The number of hydrogen-bond donors (Lipinski definition) is 2. The first-order valence-electron chi connectivity index (χ1n) is 8.71. The number of anilines is 2. The summed E-state index contributed by atoms with van der Waals surface area (Å²) in [6.07, 6.45) is -1.35. The summed E-state index contributed by atoms with van der Waals surface area (Å²) in [6.45, 7) is 0. The fraction of sp³-hybridized carbons (Fsp3) is 0.0476. The third kappa shape index (κ3) is 4.76. The van der Waals surface area contributed by atoms with Crippen LogP contribution in [0.5, 0.6) is 0 Å². The highest BCUT2D eigenvalue weighted by molar-refractivity contribution is 5.98. The van der Waals surface area contributed by atoms with Gasteiger partial charge in [-0.05, 0) is 36.4 Å². The third-order valence-corrected chi connectivity index (χ3v) is 4.14. The number of ether oxygens (including phenoxy) is 1. The molecule has 0 saturated carbocycles. The van der Waals surface area contributed by atoms with Gasteiger partial charge in [0.2, 0.25) is 6.10 Å². The minimum atomic E-state index is -1.35. The lowest BCUT2D eigenvalue weighted by Gasteiger charge is -2.18. The number of nitrogen functional groups attached to an aromatic ring is 1. The van der Waals surface area contributed by atoms with Crippen molar-refractivity contribution in [3.63, 3.8) is 0 Å². The van der Waals surface area contributed by atoms with Crippen LogP contribution in [-0.4, -0.2) is 16.8 Å². The van der Waals surface area contributed by atoms with Gasteiger partial charge in [-0.3, -0.25) is 14.9 Å². The summed E-state index contributed by atoms with van der Waals surface area (Å²) in [5.74, 6) is -2.09. The fourth-order valence-electron chi connectivity index (χ4n) is 2.65. The molecule has 1 atom stereocenters. The number of hydrogen-bond acceptors (Lipinski definition) is 6. The molecule has 30 heavy (non-hydrogen) atoms. The van der Waals surface area contributed by atoms with E-state index in [0.717, 1.165) is 6.07 Å². The van der Waals surface area contributed by atoms with E-state index in [1.54, 1.807) is 30.3 Å². The summed E-state index contributed by atoms with van der Waals surface area (Å²) in [4.78, 5) is 35.7. The van der Waals surface area contributed by atoms with E-state index in [1.807, 2.05) is 0 Å². The first-order valence-corrected chi connectivity index (χ1v) is 8.71. The number of amides is 1. The molecular weight excluding hydrogens is 393 g/mol. The largest absolute Gasteiger partial charge is 0.444 e. The Morgan fingerprint density at radius 2 is 1.70 bits per heavy atom. The second-order valence-corrected chi connectivity index (χ2v) is 6.22. The van der Waals surface area contributed by atoms with Crippen LogP contribution in [0.25, 0.3) is 0 Å². The minimum absolute atomic E-state index is 0.106. The Hall–Kier alpha value is -4.27. The number of carbonyl (C=O) groups is 2. The van der Waals surface area contributed by atoms with Gasteiger partial charge < -0.3 is 15.8 Å². The maximum absolute atomic E-state index is 13.1. The molecule has 0 saturated heterocycles. The molecule has 0 heterocycles. The van der Waals surface area contributed by atoms with Crippen LogP contribution in [0.3, 0.4) is 0 Å². The molecule has 0 aliphatic heterocycles. The Morgan fingerprint density at radius 3 is 2.33 bits per heavy atom. The number of esters is 1. The molecule has 0 bridgehead atoms. The van der Waals surface area contributed by atoms with Crippen molar-refractivity contribution in [2.75, 3.05) is 11.1 Å². The predicted octanol–water partition coefficient (Wildman–Crippen LogP) is 3.85. The SMILES string of the molecule is Nc1ccc(C(=O)O[C@H](C(=O)Nc2ccc(F)cc2)c2ccccc2)cc1[N+](=O)[O-]. The van der Waals surface area contributed by atoms with Gasteiger partial charge in [0.05, 0.1) is 10.5 Å². The Bertz CT molecular complexity index is 1090. The van der Waals surface area contributed by atoms with E-state index in [-0.39, 0.29) is 11.3 Å². The van der Waals surface area contributed by atoms with Crippen LogP contribution in [0, 0.1) is 15.9 Å². The van der Waals surface area contributed by atoms with E-state index in [0.29, 0.717) is 11.3 Å². The summed E-state index contributed by atoms with van der Waals surface area (Å²) in [7, 11) is 0. The molecule has 0 fully saturated rings. The smallest absolute Gasteiger partial charge is 0.339 e. The molecule has 0 unspecified atom stereocenters. The Balaban J connectivity index is 1.87. The molecule has 0 aliphatic rings. The van der Waals surface area contributed by atoms with Crippen LogP contribution in [0.2, 0.25) is 0 Å². The van der Waals surface area contributed by atoms with Gasteiger partial charge in [0.15, 0.2) is 0 Å². The van der Waals surface area contributed by atoms with Gasteiger partial charge in [-0.15, -0.1) is 0 Å². The zero-order valence-electron chi connectivity index (χ0n) is 15.4. The number of nitro benzene ring substituents is 1. The summed E-state index contributed by atoms with van der Waals surface area (Å²) in [6, 6.07) is 16.8. The monoisotopic (exact) mass is 409 g/mol. The Morgan fingerprint density at radius 1 is 1.03 bits per heavy atom. The van der Waals surface area contributed by atoms with Crippen molar-refractivity contribution in [1.82, 2.24) is 0 Å². The molecule has 8 nitrogen and oxygen atoms in total. The van der Waals surface area contributed by atoms with Gasteiger partial charge in [-0.2, -0.15) is 0 Å². The molecule has 3 aromatic rings. The van der Waals surface area contributed by atoms with Crippen molar-refractivity contribution < 1.29 is 23.6 Å². The maximum Gasteiger partial charge on any atom is 0.339 e. The predicted molar refractivity (Wildman–Crippen MR) is 107 cm³/mol. The Labute approximate surface area is 170 Å². The molecular formula is C21H16FN3O5. The molecule has 0 aromatic heterocycles. The number of carbonyl (C=O) groups excluding carboxylic acids is 2. The van der Waals surface area contributed by atoms with Crippen molar-refractivity contribution in [3.05, 3.63) is 99.9 Å². The standard InChI is InChI=1S/C21H16FN3O5/c22-15-7-9-16(10-8-15)24-20(26)19(13-4-2-1-3-5-13)30-21(27)14-6-11-17(23)18(12-14)25(28)29/h1-12,19H,23H2,(H,24,26)/t19-/m0/s1. The van der Waals surface area contributed by atoms with Crippen molar-refractivity contribution >= 4 is 28.9 Å². The number of rotatable bonds is 6. The normalized spacial score (nSPS) is 11.4. The molecule has 9 heteroatoms. The van der Waals surface area contributed by atoms with Crippen molar-refractivity contribution in [2.45, 2.75) is 6.10 Å². The van der Waals surface area contributed by atoms with E-state index < -0.39 is 34.4 Å². The molecule has 0 aliphatic carbocycles. The van der Waals surface area contributed by atoms with Gasteiger partial charge >= 0.3 is 5.97 Å². The van der Waals surface area contributed by atoms with E-state index in [9.17, 15) is 24.1 Å². The molecule has 152 valence electrons. The minimum Gasteiger partial charge on any atom is -0.444 e. The molecule has 3 rings (SSSR count). The molecule has 3 N–H and O–H groups in total. The topological polar surface area (TPSA) is 125 Å². The van der Waals surface area contributed by atoms with Crippen LogP contribution in [0.1, 0.15) is 22.0 Å². The average molecular weight is 409 g/mol. The van der Waals surface area contributed by atoms with Crippen molar-refractivity contribution in [1.29, 1.82) is 0 Å². The third-order valence-electron chi connectivity index (χ3n) is 4.14. The van der Waals surface area contributed by atoms with Crippen LogP contribution < -0.4 is 11.1 Å². The average Bonchev–Trinajstić information content (AvgIpc) is 2.74. The van der Waals surface area contributed by atoms with E-state index in [2.05, 4.69) is 5.32 Å². The van der Waals surface area contributed by atoms with E-state index >= 15 is 0 Å². The molecule has 3 aromatic carbocycles. The first kappa shape index (κ1) is 20.5.